The maximum atomic E-state index is 11.2. The molecule has 2 heterocycles. The summed E-state index contributed by atoms with van der Waals surface area (Å²) >= 11 is 0. The standard InChI is InChI=1S/C12H20N4O2S.C2H6/c1-13-11-4-3-7-14-12(11)16-8-5-10(6-9-16)15-19(2,17)18;1-2/h3-4,7,10,13,15H,5-6,8-9H2,1-2H3;1-2H3. The van der Waals surface area contributed by atoms with Gasteiger partial charge < -0.3 is 10.2 Å². The smallest absolute Gasteiger partial charge is 0.208 e. The van der Waals surface area contributed by atoms with Crippen molar-refractivity contribution in [2.75, 3.05) is 36.6 Å². The molecular formula is C14H26N4O2S. The maximum absolute atomic E-state index is 11.2. The maximum Gasteiger partial charge on any atom is 0.208 e. The van der Waals surface area contributed by atoms with Crippen LogP contribution in [0.5, 0.6) is 0 Å². The van der Waals surface area contributed by atoms with Crippen LogP contribution in [0.4, 0.5) is 11.5 Å². The first-order valence-electron chi connectivity index (χ1n) is 7.34. The van der Waals surface area contributed by atoms with E-state index >= 15 is 0 Å². The zero-order valence-corrected chi connectivity index (χ0v) is 14.1. The molecule has 1 aliphatic heterocycles. The molecule has 0 unspecified atom stereocenters. The number of hydrogen-bond acceptors (Lipinski definition) is 5. The molecule has 0 spiro atoms. The number of piperidine rings is 1. The number of pyridine rings is 1. The molecule has 0 atom stereocenters. The summed E-state index contributed by atoms with van der Waals surface area (Å²) in [6, 6.07) is 3.92. The van der Waals surface area contributed by atoms with Crippen LogP contribution in [0.1, 0.15) is 26.7 Å². The van der Waals surface area contributed by atoms with E-state index in [1.54, 1.807) is 6.20 Å². The molecular weight excluding hydrogens is 288 g/mol. The molecule has 2 rings (SSSR count). The molecule has 7 heteroatoms. The van der Waals surface area contributed by atoms with Gasteiger partial charge in [-0.15, -0.1) is 0 Å². The fraction of sp³-hybridized carbons (Fsp3) is 0.643. The van der Waals surface area contributed by atoms with Crippen LogP contribution >= 0.6 is 0 Å². The lowest BCUT2D eigenvalue weighted by Gasteiger charge is -2.33. The van der Waals surface area contributed by atoms with E-state index in [1.807, 2.05) is 33.0 Å². The van der Waals surface area contributed by atoms with Crippen molar-refractivity contribution in [3.63, 3.8) is 0 Å². The van der Waals surface area contributed by atoms with E-state index < -0.39 is 10.0 Å². The van der Waals surface area contributed by atoms with E-state index in [0.717, 1.165) is 37.4 Å². The molecule has 1 saturated heterocycles. The molecule has 0 bridgehead atoms. The Morgan fingerprint density at radius 3 is 2.43 bits per heavy atom. The highest BCUT2D eigenvalue weighted by atomic mass is 32.2. The van der Waals surface area contributed by atoms with Crippen LogP contribution in [0.15, 0.2) is 18.3 Å². The summed E-state index contributed by atoms with van der Waals surface area (Å²) in [5.74, 6) is 0.933. The quantitative estimate of drug-likeness (QED) is 0.884. The molecule has 0 saturated carbocycles. The number of rotatable bonds is 4. The number of nitrogens with zero attached hydrogens (tertiary/aromatic N) is 2. The Bertz CT molecular complexity index is 526. The molecule has 2 N–H and O–H groups in total. The summed E-state index contributed by atoms with van der Waals surface area (Å²) in [6.07, 6.45) is 4.58. The van der Waals surface area contributed by atoms with Crippen molar-refractivity contribution < 1.29 is 8.42 Å². The van der Waals surface area contributed by atoms with Gasteiger partial charge >= 0.3 is 0 Å². The van der Waals surface area contributed by atoms with Crippen LogP contribution < -0.4 is 14.9 Å². The Labute approximate surface area is 128 Å². The first-order valence-corrected chi connectivity index (χ1v) is 9.24. The Morgan fingerprint density at radius 2 is 1.90 bits per heavy atom. The number of aromatic nitrogens is 1. The topological polar surface area (TPSA) is 74.3 Å². The average molecular weight is 314 g/mol. The molecule has 1 aliphatic rings. The number of sulfonamides is 1. The lowest BCUT2D eigenvalue weighted by Crippen LogP contribution is -2.44. The van der Waals surface area contributed by atoms with Crippen LogP contribution in [0, 0.1) is 0 Å². The van der Waals surface area contributed by atoms with Gasteiger partial charge in [0, 0.05) is 32.4 Å². The molecule has 0 aliphatic carbocycles. The van der Waals surface area contributed by atoms with E-state index in [9.17, 15) is 8.42 Å². The minimum atomic E-state index is -3.12. The van der Waals surface area contributed by atoms with Crippen LogP contribution in [0.3, 0.4) is 0 Å². The van der Waals surface area contributed by atoms with Crippen molar-refractivity contribution in [2.45, 2.75) is 32.7 Å². The van der Waals surface area contributed by atoms with Crippen LogP contribution in [-0.4, -0.2) is 45.8 Å². The highest BCUT2D eigenvalue weighted by Gasteiger charge is 2.23. The van der Waals surface area contributed by atoms with Gasteiger partial charge in [-0.25, -0.2) is 18.1 Å². The zero-order chi connectivity index (χ0) is 15.9. The molecule has 0 radical (unpaired) electrons. The van der Waals surface area contributed by atoms with Crippen LogP contribution in [0.2, 0.25) is 0 Å². The van der Waals surface area contributed by atoms with E-state index in [0.29, 0.717) is 0 Å². The van der Waals surface area contributed by atoms with E-state index in [4.69, 9.17) is 0 Å². The van der Waals surface area contributed by atoms with Gasteiger partial charge in [-0.1, -0.05) is 13.8 Å². The SMILES string of the molecule is CC.CNc1cccnc1N1CCC(NS(C)(=O)=O)CC1. The first-order chi connectivity index (χ1) is 9.99. The second-order valence-corrected chi connectivity index (χ2v) is 6.56. The van der Waals surface area contributed by atoms with E-state index in [1.165, 1.54) is 6.26 Å². The molecule has 120 valence electrons. The Balaban J connectivity index is 0.00000106. The van der Waals surface area contributed by atoms with Gasteiger partial charge in [0.1, 0.15) is 0 Å². The molecule has 1 aromatic rings. The first kappa shape index (κ1) is 17.7. The predicted molar refractivity (Wildman–Crippen MR) is 88.3 cm³/mol. The average Bonchev–Trinajstić information content (AvgIpc) is 2.48. The summed E-state index contributed by atoms with van der Waals surface area (Å²) in [7, 11) is -1.24. The van der Waals surface area contributed by atoms with Gasteiger partial charge in [0.15, 0.2) is 5.82 Å². The fourth-order valence-electron chi connectivity index (χ4n) is 2.36. The minimum Gasteiger partial charge on any atom is -0.385 e. The Hall–Kier alpha value is -1.34. The van der Waals surface area contributed by atoms with Crippen molar-refractivity contribution in [3.05, 3.63) is 18.3 Å². The summed E-state index contributed by atoms with van der Waals surface area (Å²) in [5.41, 5.74) is 0.997. The normalized spacial score (nSPS) is 16.1. The highest BCUT2D eigenvalue weighted by molar-refractivity contribution is 7.88. The van der Waals surface area contributed by atoms with Gasteiger partial charge in [0.2, 0.25) is 10.0 Å². The minimum absolute atomic E-state index is 0.0352. The van der Waals surface area contributed by atoms with E-state index in [-0.39, 0.29) is 6.04 Å². The van der Waals surface area contributed by atoms with Crippen LogP contribution in [0.25, 0.3) is 0 Å². The lowest BCUT2D eigenvalue weighted by atomic mass is 10.1. The van der Waals surface area contributed by atoms with Gasteiger partial charge in [0.05, 0.1) is 11.9 Å². The number of anilines is 2. The third-order valence-corrected chi connectivity index (χ3v) is 3.99. The molecule has 21 heavy (non-hydrogen) atoms. The summed E-state index contributed by atoms with van der Waals surface area (Å²) < 4.78 is 25.1. The second-order valence-electron chi connectivity index (χ2n) is 4.78. The molecule has 0 amide bonds. The second kappa shape index (κ2) is 8.19. The lowest BCUT2D eigenvalue weighted by molar-refractivity contribution is 0.460. The fourth-order valence-corrected chi connectivity index (χ4v) is 3.20. The predicted octanol–water partition coefficient (Wildman–Crippen LogP) is 1.67. The number of nitrogens with one attached hydrogen (secondary N) is 2. The molecule has 1 fully saturated rings. The van der Waals surface area contributed by atoms with Crippen molar-refractivity contribution in [2.24, 2.45) is 0 Å². The summed E-state index contributed by atoms with van der Waals surface area (Å²) in [5, 5.41) is 3.13. The van der Waals surface area contributed by atoms with Gasteiger partial charge in [0.25, 0.3) is 0 Å². The van der Waals surface area contributed by atoms with Gasteiger partial charge in [-0.2, -0.15) is 0 Å². The van der Waals surface area contributed by atoms with Gasteiger partial charge in [-0.3, -0.25) is 0 Å². The molecule has 1 aromatic heterocycles. The van der Waals surface area contributed by atoms with E-state index in [2.05, 4.69) is 19.9 Å². The Morgan fingerprint density at radius 1 is 1.29 bits per heavy atom. The monoisotopic (exact) mass is 314 g/mol. The summed E-state index contributed by atoms with van der Waals surface area (Å²) in [6.45, 7) is 5.61. The van der Waals surface area contributed by atoms with Gasteiger partial charge in [-0.05, 0) is 25.0 Å². The largest absolute Gasteiger partial charge is 0.385 e. The van der Waals surface area contributed by atoms with Crippen molar-refractivity contribution in [3.8, 4) is 0 Å². The summed E-state index contributed by atoms with van der Waals surface area (Å²) in [4.78, 5) is 6.58. The molecule has 6 nitrogen and oxygen atoms in total. The Kier molecular flexibility index (Phi) is 6.91. The third-order valence-electron chi connectivity index (χ3n) is 3.23. The third kappa shape index (κ3) is 5.51. The van der Waals surface area contributed by atoms with Crippen molar-refractivity contribution in [1.82, 2.24) is 9.71 Å². The number of hydrogen-bond donors (Lipinski definition) is 2. The van der Waals surface area contributed by atoms with Crippen LogP contribution in [-0.2, 0) is 10.0 Å². The molecule has 0 aromatic carbocycles. The highest BCUT2D eigenvalue weighted by Crippen LogP contribution is 2.25. The van der Waals surface area contributed by atoms with Crippen molar-refractivity contribution >= 4 is 21.5 Å². The van der Waals surface area contributed by atoms with Crippen molar-refractivity contribution in [1.29, 1.82) is 0 Å². The zero-order valence-electron chi connectivity index (χ0n) is 13.3.